The Morgan fingerprint density at radius 1 is 1.10 bits per heavy atom. The lowest BCUT2D eigenvalue weighted by Crippen LogP contribution is -2.48. The number of likely N-dealkylation sites (N-methyl/N-ethyl adjacent to an activating group) is 1. The molecule has 156 valence electrons. The maximum Gasteiger partial charge on any atom is 0.242 e. The van der Waals surface area contributed by atoms with Gasteiger partial charge in [0.05, 0.1) is 5.75 Å². The first-order valence-corrected chi connectivity index (χ1v) is 11.4. The van der Waals surface area contributed by atoms with Crippen LogP contribution in [0.3, 0.4) is 0 Å². The van der Waals surface area contributed by atoms with E-state index < -0.39 is 6.04 Å². The Balaban J connectivity index is 2.15. The number of amides is 2. The fourth-order valence-corrected chi connectivity index (χ4v) is 4.35. The SMILES string of the molecule is CC[C@H](C(=O)NC)N(Cc1c(Cl)cccc1Cl)C(=O)CSCc1ccc(C)cc1. The fraction of sp³-hybridized carbons (Fsp3) is 0.364. The second kappa shape index (κ2) is 11.5. The second-order valence-electron chi connectivity index (χ2n) is 6.74. The molecule has 2 aromatic rings. The van der Waals surface area contributed by atoms with Gasteiger partial charge >= 0.3 is 0 Å². The molecule has 0 aliphatic rings. The van der Waals surface area contributed by atoms with Crippen LogP contribution in [0.4, 0.5) is 0 Å². The summed E-state index contributed by atoms with van der Waals surface area (Å²) >= 11 is 14.1. The van der Waals surface area contributed by atoms with Gasteiger partial charge in [0.1, 0.15) is 6.04 Å². The molecular formula is C22H26Cl2N2O2S. The van der Waals surface area contributed by atoms with E-state index in [0.717, 1.165) is 11.3 Å². The lowest BCUT2D eigenvalue weighted by atomic mass is 10.1. The van der Waals surface area contributed by atoms with Crippen molar-refractivity contribution in [2.45, 2.75) is 38.6 Å². The Bertz CT molecular complexity index is 823. The molecule has 0 heterocycles. The predicted molar refractivity (Wildman–Crippen MR) is 122 cm³/mol. The molecule has 0 bridgehead atoms. The zero-order valence-corrected chi connectivity index (χ0v) is 19.2. The fourth-order valence-electron chi connectivity index (χ4n) is 2.96. The number of thioether (sulfide) groups is 1. The molecule has 0 spiro atoms. The summed E-state index contributed by atoms with van der Waals surface area (Å²) in [5.74, 6) is 0.675. The van der Waals surface area contributed by atoms with E-state index in [4.69, 9.17) is 23.2 Å². The summed E-state index contributed by atoms with van der Waals surface area (Å²) in [6, 6.07) is 12.9. The van der Waals surface area contributed by atoms with E-state index in [-0.39, 0.29) is 24.1 Å². The van der Waals surface area contributed by atoms with Crippen LogP contribution < -0.4 is 5.32 Å². The number of hydrogen-bond acceptors (Lipinski definition) is 3. The van der Waals surface area contributed by atoms with Gasteiger partial charge in [0.15, 0.2) is 0 Å². The van der Waals surface area contributed by atoms with Gasteiger partial charge in [-0.05, 0) is 31.0 Å². The second-order valence-corrected chi connectivity index (χ2v) is 8.54. The van der Waals surface area contributed by atoms with E-state index in [9.17, 15) is 9.59 Å². The predicted octanol–water partition coefficient (Wildman–Crippen LogP) is 5.09. The summed E-state index contributed by atoms with van der Waals surface area (Å²) in [5.41, 5.74) is 3.01. The van der Waals surface area contributed by atoms with Crippen LogP contribution in [0.15, 0.2) is 42.5 Å². The highest BCUT2D eigenvalue weighted by Gasteiger charge is 2.29. The Labute approximate surface area is 187 Å². The zero-order chi connectivity index (χ0) is 21.4. The van der Waals surface area contributed by atoms with Crippen molar-refractivity contribution < 1.29 is 9.59 Å². The third kappa shape index (κ3) is 6.66. The van der Waals surface area contributed by atoms with Crippen molar-refractivity contribution in [3.63, 3.8) is 0 Å². The summed E-state index contributed by atoms with van der Waals surface area (Å²) < 4.78 is 0. The lowest BCUT2D eigenvalue weighted by Gasteiger charge is -2.30. The van der Waals surface area contributed by atoms with Gasteiger partial charge in [-0.2, -0.15) is 0 Å². The standard InChI is InChI=1S/C22H26Cl2N2O2S/c1-4-20(22(28)25-3)26(12-17-18(23)6-5-7-19(17)24)21(27)14-29-13-16-10-8-15(2)9-11-16/h5-11,20H,4,12-14H2,1-3H3,(H,25,28)/t20-/m1/s1. The van der Waals surface area contributed by atoms with E-state index in [1.165, 1.54) is 17.3 Å². The number of halogens is 2. The van der Waals surface area contributed by atoms with E-state index in [0.29, 0.717) is 22.0 Å². The van der Waals surface area contributed by atoms with Gasteiger partial charge < -0.3 is 10.2 Å². The van der Waals surface area contributed by atoms with Gasteiger partial charge in [0, 0.05) is 35.0 Å². The minimum atomic E-state index is -0.584. The number of carbonyl (C=O) groups is 2. The Hall–Kier alpha value is -1.69. The summed E-state index contributed by atoms with van der Waals surface area (Å²) in [6.45, 7) is 4.12. The highest BCUT2D eigenvalue weighted by molar-refractivity contribution is 7.99. The molecule has 0 aromatic heterocycles. The molecule has 0 fully saturated rings. The van der Waals surface area contributed by atoms with Crippen LogP contribution >= 0.6 is 35.0 Å². The Morgan fingerprint density at radius 3 is 2.28 bits per heavy atom. The molecule has 2 aromatic carbocycles. The molecule has 7 heteroatoms. The third-order valence-corrected chi connectivity index (χ3v) is 6.33. The summed E-state index contributed by atoms with van der Waals surface area (Å²) in [6.07, 6.45) is 0.496. The van der Waals surface area contributed by atoms with Gasteiger partial charge in [-0.15, -0.1) is 11.8 Å². The van der Waals surface area contributed by atoms with Crippen molar-refractivity contribution in [1.82, 2.24) is 10.2 Å². The van der Waals surface area contributed by atoms with Crippen LogP contribution in [-0.4, -0.2) is 35.6 Å². The van der Waals surface area contributed by atoms with Crippen molar-refractivity contribution in [3.05, 3.63) is 69.2 Å². The van der Waals surface area contributed by atoms with Gasteiger partial charge in [0.2, 0.25) is 11.8 Å². The topological polar surface area (TPSA) is 49.4 Å². The van der Waals surface area contributed by atoms with Gasteiger partial charge in [-0.1, -0.05) is 66.0 Å². The normalized spacial score (nSPS) is 11.8. The number of nitrogens with zero attached hydrogens (tertiary/aromatic N) is 1. The van der Waals surface area contributed by atoms with Crippen LogP contribution in [0.25, 0.3) is 0 Å². The van der Waals surface area contributed by atoms with Crippen molar-refractivity contribution in [2.24, 2.45) is 0 Å². The molecule has 0 unspecified atom stereocenters. The summed E-state index contributed by atoms with van der Waals surface area (Å²) in [4.78, 5) is 27.1. The quantitative estimate of drug-likeness (QED) is 0.576. The van der Waals surface area contributed by atoms with Gasteiger partial charge in [-0.3, -0.25) is 9.59 Å². The first kappa shape index (κ1) is 23.6. The van der Waals surface area contributed by atoms with Gasteiger partial charge in [0.25, 0.3) is 0 Å². The minimum absolute atomic E-state index is 0.117. The smallest absolute Gasteiger partial charge is 0.242 e. The van der Waals surface area contributed by atoms with Crippen LogP contribution in [0, 0.1) is 6.92 Å². The van der Waals surface area contributed by atoms with Crippen molar-refractivity contribution >= 4 is 46.8 Å². The maximum atomic E-state index is 13.1. The Kier molecular flexibility index (Phi) is 9.34. The van der Waals surface area contributed by atoms with Gasteiger partial charge in [-0.25, -0.2) is 0 Å². The Morgan fingerprint density at radius 2 is 1.72 bits per heavy atom. The van der Waals surface area contributed by atoms with Crippen molar-refractivity contribution in [2.75, 3.05) is 12.8 Å². The van der Waals surface area contributed by atoms with Crippen molar-refractivity contribution in [3.8, 4) is 0 Å². The van der Waals surface area contributed by atoms with E-state index in [2.05, 4.69) is 29.6 Å². The zero-order valence-electron chi connectivity index (χ0n) is 16.9. The molecule has 2 rings (SSSR count). The molecule has 0 aliphatic carbocycles. The first-order valence-electron chi connectivity index (χ1n) is 9.44. The monoisotopic (exact) mass is 452 g/mol. The molecule has 0 radical (unpaired) electrons. The number of benzene rings is 2. The molecule has 29 heavy (non-hydrogen) atoms. The molecule has 0 saturated heterocycles. The number of carbonyl (C=O) groups excluding carboxylic acids is 2. The van der Waals surface area contributed by atoms with Crippen molar-refractivity contribution in [1.29, 1.82) is 0 Å². The van der Waals surface area contributed by atoms with E-state index in [1.54, 1.807) is 30.1 Å². The van der Waals surface area contributed by atoms with Crippen LogP contribution in [0.2, 0.25) is 10.0 Å². The molecule has 1 atom stereocenters. The average molecular weight is 453 g/mol. The van der Waals surface area contributed by atoms with Crippen LogP contribution in [0.5, 0.6) is 0 Å². The van der Waals surface area contributed by atoms with Crippen LogP contribution in [-0.2, 0) is 21.9 Å². The molecule has 0 saturated carbocycles. The molecule has 0 aliphatic heterocycles. The van der Waals surface area contributed by atoms with Crippen LogP contribution in [0.1, 0.15) is 30.0 Å². The number of hydrogen-bond donors (Lipinski definition) is 1. The molecule has 1 N–H and O–H groups in total. The first-order chi connectivity index (χ1) is 13.9. The number of aryl methyl sites for hydroxylation is 1. The third-order valence-electron chi connectivity index (χ3n) is 4.64. The highest BCUT2D eigenvalue weighted by Crippen LogP contribution is 2.27. The largest absolute Gasteiger partial charge is 0.357 e. The molecule has 2 amide bonds. The molecule has 4 nitrogen and oxygen atoms in total. The maximum absolute atomic E-state index is 13.1. The average Bonchev–Trinajstić information content (AvgIpc) is 2.71. The summed E-state index contributed by atoms with van der Waals surface area (Å²) in [7, 11) is 1.57. The summed E-state index contributed by atoms with van der Waals surface area (Å²) in [5, 5.41) is 3.61. The number of nitrogens with one attached hydrogen (secondary N) is 1. The number of rotatable bonds is 9. The minimum Gasteiger partial charge on any atom is -0.357 e. The molecular weight excluding hydrogens is 427 g/mol. The highest BCUT2D eigenvalue weighted by atomic mass is 35.5. The lowest BCUT2D eigenvalue weighted by molar-refractivity contribution is -0.139. The van der Waals surface area contributed by atoms with E-state index >= 15 is 0 Å². The van der Waals surface area contributed by atoms with E-state index in [1.807, 2.05) is 13.8 Å².